The number of nitrogens with one attached hydrogen (secondary N) is 1. The Bertz CT molecular complexity index is 2820. The zero-order chi connectivity index (χ0) is 36.6. The SMILES string of the molecule is c1ccc(C2=NC(c3cc(-c4cccc(-c5cc(-c6ccccc6)cc(-c6ccccc6)c5)c4)cc4sc5ccccc5c34)NC(c3ccccc3)=N2)cc1. The van der Waals surface area contributed by atoms with E-state index >= 15 is 0 Å². The molecule has 1 aliphatic rings. The number of rotatable bonds is 7. The van der Waals surface area contributed by atoms with E-state index in [1.807, 2.05) is 35.6 Å². The number of hydrogen-bond acceptors (Lipinski definition) is 4. The van der Waals surface area contributed by atoms with E-state index < -0.39 is 0 Å². The van der Waals surface area contributed by atoms with Crippen LogP contribution in [0.5, 0.6) is 0 Å². The first kappa shape index (κ1) is 32.7. The molecule has 8 aromatic carbocycles. The summed E-state index contributed by atoms with van der Waals surface area (Å²) in [6.07, 6.45) is -0.359. The smallest absolute Gasteiger partial charge is 0.159 e. The van der Waals surface area contributed by atoms with Crippen LogP contribution in [0.4, 0.5) is 0 Å². The van der Waals surface area contributed by atoms with Crippen molar-refractivity contribution in [3.05, 3.63) is 217 Å². The maximum atomic E-state index is 5.33. The summed E-state index contributed by atoms with van der Waals surface area (Å²) in [4.78, 5) is 10.4. The molecule has 9 aromatic rings. The second kappa shape index (κ2) is 14.2. The summed E-state index contributed by atoms with van der Waals surface area (Å²) in [5.41, 5.74) is 12.6. The van der Waals surface area contributed by atoms with Crippen LogP contribution in [0.3, 0.4) is 0 Å². The van der Waals surface area contributed by atoms with Gasteiger partial charge in [0.25, 0.3) is 0 Å². The third-order valence-electron chi connectivity index (χ3n) is 10.3. The Labute approximate surface area is 324 Å². The minimum Gasteiger partial charge on any atom is -0.344 e. The van der Waals surface area contributed by atoms with Gasteiger partial charge in [-0.3, -0.25) is 0 Å². The summed E-state index contributed by atoms with van der Waals surface area (Å²) >= 11 is 1.84. The van der Waals surface area contributed by atoms with Crippen LogP contribution in [0.1, 0.15) is 22.9 Å². The van der Waals surface area contributed by atoms with Crippen LogP contribution in [-0.2, 0) is 0 Å². The lowest BCUT2D eigenvalue weighted by Gasteiger charge is -2.25. The molecule has 4 heteroatoms. The lowest BCUT2D eigenvalue weighted by atomic mass is 9.91. The minimum atomic E-state index is -0.359. The van der Waals surface area contributed by atoms with Gasteiger partial charge in [-0.05, 0) is 87.0 Å². The molecule has 1 N–H and O–H groups in total. The lowest BCUT2D eigenvalue weighted by Crippen LogP contribution is -2.33. The van der Waals surface area contributed by atoms with Gasteiger partial charge in [0, 0.05) is 36.9 Å². The Morgan fingerprint density at radius 3 is 1.47 bits per heavy atom. The summed E-state index contributed by atoms with van der Waals surface area (Å²) < 4.78 is 2.49. The Hall–Kier alpha value is -6.88. The van der Waals surface area contributed by atoms with E-state index in [1.54, 1.807) is 0 Å². The molecule has 1 atom stereocenters. The number of benzene rings is 8. The molecular formula is C51H35N3S. The van der Waals surface area contributed by atoms with Crippen LogP contribution in [0, 0.1) is 0 Å². The molecule has 55 heavy (non-hydrogen) atoms. The van der Waals surface area contributed by atoms with Crippen LogP contribution in [-0.4, -0.2) is 11.7 Å². The average Bonchev–Trinajstić information content (AvgIpc) is 3.66. The van der Waals surface area contributed by atoms with E-state index in [2.05, 4.69) is 181 Å². The van der Waals surface area contributed by atoms with Crippen molar-refractivity contribution in [2.75, 3.05) is 0 Å². The first-order valence-electron chi connectivity index (χ1n) is 18.6. The van der Waals surface area contributed by atoms with E-state index in [9.17, 15) is 0 Å². The Morgan fingerprint density at radius 1 is 0.382 bits per heavy atom. The van der Waals surface area contributed by atoms with Crippen LogP contribution < -0.4 is 5.32 Å². The topological polar surface area (TPSA) is 36.8 Å². The summed E-state index contributed by atoms with van der Waals surface area (Å²) in [7, 11) is 0. The molecule has 0 spiro atoms. The third-order valence-corrected chi connectivity index (χ3v) is 11.4. The van der Waals surface area contributed by atoms with Crippen LogP contribution in [0.2, 0.25) is 0 Å². The van der Waals surface area contributed by atoms with Crippen LogP contribution in [0.25, 0.3) is 64.7 Å². The molecule has 1 aromatic heterocycles. The van der Waals surface area contributed by atoms with Crippen molar-refractivity contribution in [3.8, 4) is 44.5 Å². The standard InChI is InChI=1S/C51H35N3S/c1-5-16-34(17-6-1)40-29-41(35-18-7-2-8-19-35)31-42(30-40)38-24-15-25-39(28-38)43-32-45(48-44-26-13-14-27-46(44)55-47(48)33-43)51-53-49(36-20-9-3-10-21-36)52-50(54-51)37-22-11-4-12-23-37/h1-33,51H,(H,52,53,54). The van der Waals surface area contributed by atoms with Gasteiger partial charge in [-0.1, -0.05) is 158 Å². The fraction of sp³-hybridized carbons (Fsp3) is 0.0196. The van der Waals surface area contributed by atoms with Crippen molar-refractivity contribution in [1.29, 1.82) is 0 Å². The van der Waals surface area contributed by atoms with Gasteiger partial charge in [-0.2, -0.15) is 0 Å². The maximum Gasteiger partial charge on any atom is 0.159 e. The normalized spacial score (nSPS) is 14.0. The second-order valence-electron chi connectivity index (χ2n) is 13.8. The molecular weight excluding hydrogens is 687 g/mol. The molecule has 1 aliphatic heterocycles. The number of amidine groups is 2. The quantitative estimate of drug-likeness (QED) is 0.175. The van der Waals surface area contributed by atoms with Crippen LogP contribution >= 0.6 is 11.3 Å². The summed E-state index contributed by atoms with van der Waals surface area (Å²) in [6, 6.07) is 71.3. The Kier molecular flexibility index (Phi) is 8.43. The molecule has 0 fully saturated rings. The number of fused-ring (bicyclic) bond motifs is 3. The van der Waals surface area contributed by atoms with E-state index in [0.717, 1.165) is 39.5 Å². The van der Waals surface area contributed by atoms with Gasteiger partial charge in [0.15, 0.2) is 5.84 Å². The van der Waals surface area contributed by atoms with E-state index in [4.69, 9.17) is 9.98 Å². The van der Waals surface area contributed by atoms with Gasteiger partial charge >= 0.3 is 0 Å². The van der Waals surface area contributed by atoms with Crippen LogP contribution in [0.15, 0.2) is 210 Å². The predicted molar refractivity (Wildman–Crippen MR) is 233 cm³/mol. The number of nitrogens with zero attached hydrogens (tertiary/aromatic N) is 2. The van der Waals surface area contributed by atoms with Gasteiger partial charge < -0.3 is 5.32 Å². The molecule has 10 rings (SSSR count). The fourth-order valence-corrected chi connectivity index (χ4v) is 8.78. The Balaban J connectivity index is 1.14. The van der Waals surface area contributed by atoms with Crippen molar-refractivity contribution in [1.82, 2.24) is 5.32 Å². The molecule has 0 radical (unpaired) electrons. The highest BCUT2D eigenvalue weighted by atomic mass is 32.1. The zero-order valence-electron chi connectivity index (χ0n) is 29.9. The highest BCUT2D eigenvalue weighted by Crippen LogP contribution is 2.43. The molecule has 260 valence electrons. The highest BCUT2D eigenvalue weighted by molar-refractivity contribution is 7.25. The number of aliphatic imine (C=N–C) groups is 2. The number of thiophene rings is 1. The van der Waals surface area contributed by atoms with E-state index in [1.165, 1.54) is 53.6 Å². The van der Waals surface area contributed by atoms with Gasteiger partial charge in [0.1, 0.15) is 12.0 Å². The largest absolute Gasteiger partial charge is 0.344 e. The number of hydrogen-bond donors (Lipinski definition) is 1. The minimum absolute atomic E-state index is 0.359. The van der Waals surface area contributed by atoms with Crippen molar-refractivity contribution in [2.45, 2.75) is 6.17 Å². The molecule has 1 unspecified atom stereocenters. The molecule has 3 nitrogen and oxygen atoms in total. The molecule has 0 amide bonds. The maximum absolute atomic E-state index is 5.33. The Morgan fingerprint density at radius 2 is 0.855 bits per heavy atom. The van der Waals surface area contributed by atoms with Crippen molar-refractivity contribution in [3.63, 3.8) is 0 Å². The van der Waals surface area contributed by atoms with E-state index in [-0.39, 0.29) is 6.17 Å². The van der Waals surface area contributed by atoms with E-state index in [0.29, 0.717) is 0 Å². The summed E-state index contributed by atoms with van der Waals surface area (Å²) in [6.45, 7) is 0. The third kappa shape index (κ3) is 6.43. The van der Waals surface area contributed by atoms with Gasteiger partial charge in [-0.25, -0.2) is 9.98 Å². The van der Waals surface area contributed by atoms with Gasteiger partial charge in [-0.15, -0.1) is 11.3 Å². The summed E-state index contributed by atoms with van der Waals surface area (Å²) in [5, 5.41) is 6.23. The van der Waals surface area contributed by atoms with Gasteiger partial charge in [0.2, 0.25) is 0 Å². The van der Waals surface area contributed by atoms with Crippen molar-refractivity contribution in [2.24, 2.45) is 9.98 Å². The monoisotopic (exact) mass is 721 g/mol. The second-order valence-corrected chi connectivity index (χ2v) is 14.9. The van der Waals surface area contributed by atoms with Crippen molar-refractivity contribution < 1.29 is 0 Å². The molecule has 0 saturated carbocycles. The molecule has 0 bridgehead atoms. The molecule has 0 aliphatic carbocycles. The average molecular weight is 722 g/mol. The summed E-state index contributed by atoms with van der Waals surface area (Å²) in [5.74, 6) is 1.53. The molecule has 2 heterocycles. The first-order chi connectivity index (χ1) is 27.2. The van der Waals surface area contributed by atoms with Gasteiger partial charge in [0.05, 0.1) is 0 Å². The predicted octanol–water partition coefficient (Wildman–Crippen LogP) is 13.2. The molecule has 0 saturated heterocycles. The van der Waals surface area contributed by atoms with Crippen molar-refractivity contribution >= 4 is 43.2 Å². The highest BCUT2D eigenvalue weighted by Gasteiger charge is 2.25. The lowest BCUT2D eigenvalue weighted by molar-refractivity contribution is 0.680. The fourth-order valence-electron chi connectivity index (χ4n) is 7.60. The first-order valence-corrected chi connectivity index (χ1v) is 19.4. The zero-order valence-corrected chi connectivity index (χ0v) is 30.7.